The van der Waals surface area contributed by atoms with Gasteiger partial charge in [-0.05, 0) is 12.1 Å². The highest BCUT2D eigenvalue weighted by Gasteiger charge is 2.73. The summed E-state index contributed by atoms with van der Waals surface area (Å²) in [4.78, 5) is 11.5. The number of carbonyl (C=O) groups is 1. The maximum atomic E-state index is 13.2. The standard InChI is InChI=1S/C11H7F5O3/c12-10(13,11(14,15)16)9(18)5-7(17)6-3-1-2-4-8(6)19-9/h1-4,18H,5H2. The third-order valence-electron chi connectivity index (χ3n) is 2.71. The number of alkyl halides is 5. The van der Waals surface area contributed by atoms with E-state index in [2.05, 4.69) is 4.74 Å². The van der Waals surface area contributed by atoms with Crippen LogP contribution in [0.5, 0.6) is 5.75 Å². The Morgan fingerprint density at radius 2 is 1.74 bits per heavy atom. The highest BCUT2D eigenvalue weighted by atomic mass is 19.4. The van der Waals surface area contributed by atoms with Gasteiger partial charge in [-0.2, -0.15) is 22.0 Å². The molecule has 0 bridgehead atoms. The van der Waals surface area contributed by atoms with Gasteiger partial charge >= 0.3 is 12.1 Å². The van der Waals surface area contributed by atoms with Gasteiger partial charge in [0.2, 0.25) is 0 Å². The second-order valence-electron chi connectivity index (χ2n) is 4.05. The molecule has 1 unspecified atom stereocenters. The molecule has 1 heterocycles. The maximum absolute atomic E-state index is 13.2. The Bertz CT molecular complexity index is 525. The van der Waals surface area contributed by atoms with Crippen LogP contribution < -0.4 is 4.74 Å². The number of hydrogen-bond donors (Lipinski definition) is 1. The van der Waals surface area contributed by atoms with Crippen molar-refractivity contribution in [2.45, 2.75) is 24.3 Å². The summed E-state index contributed by atoms with van der Waals surface area (Å²) < 4.78 is 67.6. The van der Waals surface area contributed by atoms with Crippen LogP contribution in [0.1, 0.15) is 16.8 Å². The van der Waals surface area contributed by atoms with E-state index in [1.54, 1.807) is 0 Å². The van der Waals surface area contributed by atoms with E-state index in [4.69, 9.17) is 0 Å². The monoisotopic (exact) mass is 282 g/mol. The fourth-order valence-corrected chi connectivity index (χ4v) is 1.71. The van der Waals surface area contributed by atoms with Gasteiger partial charge in [-0.1, -0.05) is 12.1 Å². The molecule has 1 aliphatic heterocycles. The number of ketones is 1. The van der Waals surface area contributed by atoms with Gasteiger partial charge in [0, 0.05) is 0 Å². The second kappa shape index (κ2) is 3.89. The van der Waals surface area contributed by atoms with Gasteiger partial charge in [0.05, 0.1) is 12.0 Å². The number of fused-ring (bicyclic) bond motifs is 1. The van der Waals surface area contributed by atoms with E-state index in [-0.39, 0.29) is 5.56 Å². The Labute approximate surface area is 103 Å². The summed E-state index contributed by atoms with van der Waals surface area (Å²) in [6.45, 7) is 0. The van der Waals surface area contributed by atoms with Crippen LogP contribution in [-0.2, 0) is 0 Å². The third-order valence-corrected chi connectivity index (χ3v) is 2.71. The van der Waals surface area contributed by atoms with Crippen molar-refractivity contribution in [3.8, 4) is 5.75 Å². The molecule has 0 spiro atoms. The number of rotatable bonds is 1. The molecule has 8 heteroatoms. The van der Waals surface area contributed by atoms with Crippen molar-refractivity contribution in [2.24, 2.45) is 0 Å². The number of Topliss-reactive ketones (excluding diaryl/α,β-unsaturated/α-hetero) is 1. The van der Waals surface area contributed by atoms with Gasteiger partial charge in [-0.3, -0.25) is 4.79 Å². The summed E-state index contributed by atoms with van der Waals surface area (Å²) in [7, 11) is 0. The molecule has 0 amide bonds. The van der Waals surface area contributed by atoms with Crippen LogP contribution in [0.4, 0.5) is 22.0 Å². The summed E-state index contributed by atoms with van der Waals surface area (Å²) in [5, 5.41) is 9.44. The molecule has 1 aliphatic rings. The van der Waals surface area contributed by atoms with E-state index < -0.39 is 35.8 Å². The number of halogens is 5. The van der Waals surface area contributed by atoms with Crippen LogP contribution in [0.25, 0.3) is 0 Å². The summed E-state index contributed by atoms with van der Waals surface area (Å²) in [6.07, 6.45) is -7.51. The van der Waals surface area contributed by atoms with Crippen LogP contribution in [0.3, 0.4) is 0 Å². The van der Waals surface area contributed by atoms with E-state index in [1.807, 2.05) is 0 Å². The maximum Gasteiger partial charge on any atom is 0.460 e. The average molecular weight is 282 g/mol. The third kappa shape index (κ3) is 1.95. The molecule has 3 nitrogen and oxygen atoms in total. The van der Waals surface area contributed by atoms with E-state index in [0.717, 1.165) is 6.07 Å². The molecule has 19 heavy (non-hydrogen) atoms. The fraction of sp³-hybridized carbons (Fsp3) is 0.364. The van der Waals surface area contributed by atoms with E-state index in [1.165, 1.54) is 18.2 Å². The summed E-state index contributed by atoms with van der Waals surface area (Å²) >= 11 is 0. The quantitative estimate of drug-likeness (QED) is 0.805. The first kappa shape index (κ1) is 13.7. The lowest BCUT2D eigenvalue weighted by Gasteiger charge is -2.38. The molecule has 2 rings (SSSR count). The number of benzene rings is 1. The Morgan fingerprint density at radius 3 is 2.32 bits per heavy atom. The van der Waals surface area contributed by atoms with Gasteiger partial charge in [0.25, 0.3) is 5.79 Å². The highest BCUT2D eigenvalue weighted by Crippen LogP contribution is 2.48. The minimum Gasteiger partial charge on any atom is -0.454 e. The predicted molar refractivity (Wildman–Crippen MR) is 52.0 cm³/mol. The molecule has 0 fully saturated rings. The summed E-state index contributed by atoms with van der Waals surface area (Å²) in [6, 6.07) is 4.92. The van der Waals surface area contributed by atoms with Gasteiger partial charge in [-0.15, -0.1) is 0 Å². The Morgan fingerprint density at radius 1 is 1.16 bits per heavy atom. The van der Waals surface area contributed by atoms with Crippen molar-refractivity contribution >= 4 is 5.78 Å². The van der Waals surface area contributed by atoms with Gasteiger partial charge in [0.15, 0.2) is 5.78 Å². The van der Waals surface area contributed by atoms with E-state index in [9.17, 15) is 31.9 Å². The smallest absolute Gasteiger partial charge is 0.454 e. The molecule has 1 aromatic rings. The first-order chi connectivity index (χ1) is 8.58. The van der Waals surface area contributed by atoms with Crippen molar-refractivity contribution in [2.75, 3.05) is 0 Å². The van der Waals surface area contributed by atoms with Crippen molar-refractivity contribution in [3.63, 3.8) is 0 Å². The van der Waals surface area contributed by atoms with E-state index in [0.29, 0.717) is 0 Å². The Hall–Kier alpha value is -1.70. The average Bonchev–Trinajstić information content (AvgIpc) is 2.27. The number of aliphatic hydroxyl groups is 1. The zero-order valence-corrected chi connectivity index (χ0v) is 9.17. The first-order valence-corrected chi connectivity index (χ1v) is 5.07. The number of ether oxygens (including phenoxy) is 1. The van der Waals surface area contributed by atoms with Gasteiger partial charge < -0.3 is 9.84 Å². The Balaban J connectivity index is 2.47. The summed E-state index contributed by atoms with van der Waals surface area (Å²) in [5.41, 5.74) is -0.148. The molecule has 0 saturated heterocycles. The van der Waals surface area contributed by atoms with Crippen LogP contribution in [0.15, 0.2) is 24.3 Å². The van der Waals surface area contributed by atoms with Crippen molar-refractivity contribution in [1.29, 1.82) is 0 Å². The van der Waals surface area contributed by atoms with Crippen molar-refractivity contribution in [3.05, 3.63) is 29.8 Å². The minimum atomic E-state index is -6.03. The number of carbonyl (C=O) groups excluding carboxylic acids is 1. The van der Waals surface area contributed by atoms with Crippen molar-refractivity contribution in [1.82, 2.24) is 0 Å². The van der Waals surface area contributed by atoms with Crippen LogP contribution in [0, 0.1) is 0 Å². The molecule has 0 aromatic heterocycles. The van der Waals surface area contributed by atoms with Crippen LogP contribution in [-0.4, -0.2) is 28.8 Å². The van der Waals surface area contributed by atoms with Crippen LogP contribution in [0.2, 0.25) is 0 Å². The molecule has 1 N–H and O–H groups in total. The largest absolute Gasteiger partial charge is 0.460 e. The lowest BCUT2D eigenvalue weighted by Crippen LogP contribution is -2.62. The molecule has 1 aromatic carbocycles. The zero-order chi connectivity index (χ0) is 14.5. The van der Waals surface area contributed by atoms with Crippen molar-refractivity contribution < 1.29 is 36.6 Å². The molecule has 0 aliphatic carbocycles. The normalized spacial score (nSPS) is 23.8. The minimum absolute atomic E-state index is 0.148. The molecular weight excluding hydrogens is 275 g/mol. The van der Waals surface area contributed by atoms with Gasteiger partial charge in [0.1, 0.15) is 5.75 Å². The molecule has 1 atom stereocenters. The van der Waals surface area contributed by atoms with Gasteiger partial charge in [-0.25, -0.2) is 0 Å². The second-order valence-corrected chi connectivity index (χ2v) is 4.05. The first-order valence-electron chi connectivity index (χ1n) is 5.07. The molecule has 0 saturated carbocycles. The molecular formula is C11H7F5O3. The molecule has 104 valence electrons. The number of hydrogen-bond acceptors (Lipinski definition) is 3. The molecule has 0 radical (unpaired) electrons. The fourth-order valence-electron chi connectivity index (χ4n) is 1.71. The van der Waals surface area contributed by atoms with E-state index >= 15 is 0 Å². The predicted octanol–water partition coefficient (Wildman–Crippen LogP) is 2.54. The topological polar surface area (TPSA) is 46.5 Å². The SMILES string of the molecule is O=C1CC(O)(C(F)(F)C(F)(F)F)Oc2ccccc21. The van der Waals surface area contributed by atoms with Crippen LogP contribution >= 0.6 is 0 Å². The lowest BCUT2D eigenvalue weighted by atomic mass is 9.94. The summed E-state index contributed by atoms with van der Waals surface area (Å²) in [5.74, 6) is -11.1. The zero-order valence-electron chi connectivity index (χ0n) is 9.17. The number of para-hydroxylation sites is 1. The highest BCUT2D eigenvalue weighted by molar-refractivity contribution is 6.00. The lowest BCUT2D eigenvalue weighted by molar-refractivity contribution is -0.384. The Kier molecular flexibility index (Phi) is 2.81.